The monoisotopic (exact) mass is 329 g/mol. The molecule has 6 heteroatoms. The second-order valence-electron chi connectivity index (χ2n) is 5.26. The molecule has 23 heavy (non-hydrogen) atoms. The first kappa shape index (κ1) is 15.7. The van der Waals surface area contributed by atoms with E-state index in [-0.39, 0.29) is 5.91 Å². The normalized spacial score (nSPS) is 15.1. The second kappa shape index (κ2) is 7.39. The molecule has 1 fully saturated rings. The number of nitrogens with one attached hydrogen (secondary N) is 1. The lowest BCUT2D eigenvalue weighted by atomic mass is 10.2. The van der Waals surface area contributed by atoms with Crippen LogP contribution in [-0.4, -0.2) is 37.2 Å². The number of ether oxygens (including phenoxy) is 1. The predicted octanol–water partition coefficient (Wildman–Crippen LogP) is 2.94. The van der Waals surface area contributed by atoms with Crippen LogP contribution in [0.5, 0.6) is 0 Å². The summed E-state index contributed by atoms with van der Waals surface area (Å²) >= 11 is 1.57. The number of hydrogen-bond donors (Lipinski definition) is 1. The summed E-state index contributed by atoms with van der Waals surface area (Å²) in [5.41, 5.74) is 2.70. The predicted molar refractivity (Wildman–Crippen MR) is 94.0 cm³/mol. The molecule has 0 bridgehead atoms. The number of carbonyl (C=O) groups is 1. The van der Waals surface area contributed by atoms with E-state index in [2.05, 4.69) is 21.3 Å². The molecule has 1 aromatic heterocycles. The molecule has 3 rings (SSSR count). The van der Waals surface area contributed by atoms with Gasteiger partial charge in [0.2, 0.25) is 5.91 Å². The Hall–Kier alpha value is -2.18. The zero-order chi connectivity index (χ0) is 16.1. The first-order valence-corrected chi connectivity index (χ1v) is 8.42. The Kier molecular flexibility index (Phi) is 5.05. The zero-order valence-electron chi connectivity index (χ0n) is 13.0. The van der Waals surface area contributed by atoms with Gasteiger partial charge in [0.15, 0.2) is 0 Å². The van der Waals surface area contributed by atoms with Crippen LogP contribution in [0.3, 0.4) is 0 Å². The van der Waals surface area contributed by atoms with Gasteiger partial charge >= 0.3 is 0 Å². The maximum Gasteiger partial charge on any atom is 0.248 e. The highest BCUT2D eigenvalue weighted by atomic mass is 32.1. The third-order valence-corrected chi connectivity index (χ3v) is 4.32. The molecule has 0 aliphatic carbocycles. The van der Waals surface area contributed by atoms with E-state index in [9.17, 15) is 4.79 Å². The van der Waals surface area contributed by atoms with Gasteiger partial charge in [0.25, 0.3) is 0 Å². The number of aromatic nitrogens is 1. The van der Waals surface area contributed by atoms with Crippen molar-refractivity contribution in [1.82, 2.24) is 4.98 Å². The largest absolute Gasteiger partial charge is 0.378 e. The molecule has 1 aliphatic rings. The van der Waals surface area contributed by atoms with Crippen molar-refractivity contribution in [2.75, 3.05) is 36.5 Å². The van der Waals surface area contributed by atoms with E-state index < -0.39 is 0 Å². The number of rotatable bonds is 4. The Morgan fingerprint density at radius 1 is 1.39 bits per heavy atom. The van der Waals surface area contributed by atoms with Crippen LogP contribution in [0.2, 0.25) is 0 Å². The highest BCUT2D eigenvalue weighted by molar-refractivity contribution is 7.09. The van der Waals surface area contributed by atoms with E-state index in [0.29, 0.717) is 0 Å². The van der Waals surface area contributed by atoms with Gasteiger partial charge in [-0.3, -0.25) is 4.79 Å². The Labute approximate surface area is 139 Å². The summed E-state index contributed by atoms with van der Waals surface area (Å²) in [5.74, 6) is -0.158. The summed E-state index contributed by atoms with van der Waals surface area (Å²) in [6, 6.07) is 7.88. The molecule has 0 spiro atoms. The molecule has 2 heterocycles. The Balaban J connectivity index is 1.63. The van der Waals surface area contributed by atoms with E-state index in [1.807, 2.05) is 30.5 Å². The van der Waals surface area contributed by atoms with Gasteiger partial charge in [-0.2, -0.15) is 0 Å². The van der Waals surface area contributed by atoms with Crippen molar-refractivity contribution in [3.05, 3.63) is 46.4 Å². The van der Waals surface area contributed by atoms with Gasteiger partial charge in [0.1, 0.15) is 0 Å². The lowest BCUT2D eigenvalue weighted by Gasteiger charge is -2.29. The fourth-order valence-electron chi connectivity index (χ4n) is 2.40. The van der Waals surface area contributed by atoms with Gasteiger partial charge in [-0.05, 0) is 31.2 Å². The maximum atomic E-state index is 12.0. The lowest BCUT2D eigenvalue weighted by molar-refractivity contribution is -0.111. The average Bonchev–Trinajstić information content (AvgIpc) is 3.00. The Morgan fingerprint density at radius 2 is 2.22 bits per heavy atom. The van der Waals surface area contributed by atoms with E-state index in [0.717, 1.165) is 48.4 Å². The molecule has 0 radical (unpaired) electrons. The molecule has 2 aromatic rings. The van der Waals surface area contributed by atoms with Gasteiger partial charge in [-0.15, -0.1) is 11.3 Å². The van der Waals surface area contributed by atoms with Crippen LogP contribution in [0.1, 0.15) is 10.7 Å². The van der Waals surface area contributed by atoms with Crippen molar-refractivity contribution in [1.29, 1.82) is 0 Å². The number of nitrogens with zero attached hydrogens (tertiary/aromatic N) is 2. The van der Waals surface area contributed by atoms with Crippen molar-refractivity contribution >= 4 is 34.7 Å². The SMILES string of the molecule is Cc1nc(C=CC(=O)Nc2cccc(N3CCOCC3)c2)cs1. The van der Waals surface area contributed by atoms with Crippen molar-refractivity contribution in [2.24, 2.45) is 0 Å². The smallest absolute Gasteiger partial charge is 0.248 e. The van der Waals surface area contributed by atoms with Gasteiger partial charge < -0.3 is 15.0 Å². The van der Waals surface area contributed by atoms with Gasteiger partial charge in [-0.1, -0.05) is 6.07 Å². The van der Waals surface area contributed by atoms with Crippen molar-refractivity contribution in [3.63, 3.8) is 0 Å². The van der Waals surface area contributed by atoms with Crippen LogP contribution >= 0.6 is 11.3 Å². The highest BCUT2D eigenvalue weighted by Crippen LogP contribution is 2.20. The van der Waals surface area contributed by atoms with Crippen molar-refractivity contribution in [2.45, 2.75) is 6.92 Å². The summed E-state index contributed by atoms with van der Waals surface area (Å²) in [7, 11) is 0. The number of thiazole rings is 1. The molecule has 1 saturated heterocycles. The van der Waals surface area contributed by atoms with Gasteiger partial charge in [0, 0.05) is 35.9 Å². The minimum atomic E-state index is -0.158. The first-order chi connectivity index (χ1) is 11.2. The van der Waals surface area contributed by atoms with Crippen LogP contribution in [0.15, 0.2) is 35.7 Å². The molecular weight excluding hydrogens is 310 g/mol. The molecule has 5 nitrogen and oxygen atoms in total. The minimum Gasteiger partial charge on any atom is -0.378 e. The fourth-order valence-corrected chi connectivity index (χ4v) is 2.98. The fraction of sp³-hybridized carbons (Fsp3) is 0.294. The van der Waals surface area contributed by atoms with E-state index in [1.54, 1.807) is 17.4 Å². The average molecular weight is 329 g/mol. The topological polar surface area (TPSA) is 54.5 Å². The molecule has 0 unspecified atom stereocenters. The molecule has 120 valence electrons. The maximum absolute atomic E-state index is 12.0. The minimum absolute atomic E-state index is 0.158. The van der Waals surface area contributed by atoms with Crippen LogP contribution in [-0.2, 0) is 9.53 Å². The molecular formula is C17H19N3O2S. The highest BCUT2D eigenvalue weighted by Gasteiger charge is 2.11. The van der Waals surface area contributed by atoms with Crippen LogP contribution in [0.25, 0.3) is 6.08 Å². The standard InChI is InChI=1S/C17H19N3O2S/c1-13-18-15(12-23-13)5-6-17(21)19-14-3-2-4-16(11-14)20-7-9-22-10-8-20/h2-6,11-12H,7-10H2,1H3,(H,19,21). The van der Waals surface area contributed by atoms with E-state index >= 15 is 0 Å². The Morgan fingerprint density at radius 3 is 2.96 bits per heavy atom. The quantitative estimate of drug-likeness (QED) is 0.876. The summed E-state index contributed by atoms with van der Waals surface area (Å²) in [6.45, 7) is 5.18. The molecule has 0 saturated carbocycles. The number of aryl methyl sites for hydroxylation is 1. The summed E-state index contributed by atoms with van der Waals surface area (Å²) in [6.07, 6.45) is 3.24. The lowest BCUT2D eigenvalue weighted by Crippen LogP contribution is -2.36. The number of hydrogen-bond acceptors (Lipinski definition) is 5. The summed E-state index contributed by atoms with van der Waals surface area (Å²) in [4.78, 5) is 18.6. The summed E-state index contributed by atoms with van der Waals surface area (Å²) in [5, 5.41) is 5.81. The second-order valence-corrected chi connectivity index (χ2v) is 6.33. The van der Waals surface area contributed by atoms with E-state index in [4.69, 9.17) is 4.74 Å². The molecule has 1 aromatic carbocycles. The number of carbonyl (C=O) groups excluding carboxylic acids is 1. The number of benzene rings is 1. The van der Waals surface area contributed by atoms with Crippen molar-refractivity contribution < 1.29 is 9.53 Å². The van der Waals surface area contributed by atoms with Crippen LogP contribution in [0, 0.1) is 6.92 Å². The molecule has 1 amide bonds. The number of morpholine rings is 1. The van der Waals surface area contributed by atoms with Gasteiger partial charge in [-0.25, -0.2) is 4.98 Å². The molecule has 1 N–H and O–H groups in total. The zero-order valence-corrected chi connectivity index (χ0v) is 13.8. The number of anilines is 2. The third-order valence-electron chi connectivity index (χ3n) is 3.53. The molecule has 1 aliphatic heterocycles. The third kappa shape index (κ3) is 4.40. The van der Waals surface area contributed by atoms with Crippen LogP contribution < -0.4 is 10.2 Å². The van der Waals surface area contributed by atoms with E-state index in [1.165, 1.54) is 6.08 Å². The van der Waals surface area contributed by atoms with Gasteiger partial charge in [0.05, 0.1) is 23.9 Å². The first-order valence-electron chi connectivity index (χ1n) is 7.55. The van der Waals surface area contributed by atoms with Crippen molar-refractivity contribution in [3.8, 4) is 0 Å². The summed E-state index contributed by atoms with van der Waals surface area (Å²) < 4.78 is 5.37. The number of amides is 1. The van der Waals surface area contributed by atoms with Crippen LogP contribution in [0.4, 0.5) is 11.4 Å². The Bertz CT molecular complexity index is 705. The molecule has 0 atom stereocenters.